The first-order valence-corrected chi connectivity index (χ1v) is 4.72. The van der Waals surface area contributed by atoms with Crippen molar-refractivity contribution in [2.45, 2.75) is 13.3 Å². The number of carbonyl (C=O) groups is 2. The Bertz CT molecular complexity index is 414. The molecule has 4 nitrogen and oxygen atoms in total. The lowest BCUT2D eigenvalue weighted by Gasteiger charge is -2.05. The van der Waals surface area contributed by atoms with Crippen LogP contribution in [0.25, 0.3) is 0 Å². The largest absolute Gasteiger partial charge is 0.491 e. The number of aliphatic carboxylic acids is 1. The summed E-state index contributed by atoms with van der Waals surface area (Å²) in [5.74, 6) is -2.48. The second-order valence-electron chi connectivity index (χ2n) is 3.07. The van der Waals surface area contributed by atoms with Crippen molar-refractivity contribution in [1.29, 1.82) is 0 Å². The third kappa shape index (κ3) is 3.05. The fourth-order valence-electron chi connectivity index (χ4n) is 1.19. The van der Waals surface area contributed by atoms with Gasteiger partial charge in [0.05, 0.1) is 6.61 Å². The number of hydrogen-bond donors (Lipinski definition) is 1. The van der Waals surface area contributed by atoms with Gasteiger partial charge >= 0.3 is 5.97 Å². The van der Waals surface area contributed by atoms with Crippen LogP contribution in [0.1, 0.15) is 23.7 Å². The summed E-state index contributed by atoms with van der Waals surface area (Å²) >= 11 is 0. The highest BCUT2D eigenvalue weighted by Gasteiger charge is 2.13. The van der Waals surface area contributed by atoms with E-state index in [2.05, 4.69) is 0 Å². The molecule has 1 aromatic carbocycles. The van der Waals surface area contributed by atoms with Crippen LogP contribution in [-0.2, 0) is 4.79 Å². The van der Waals surface area contributed by atoms with E-state index in [9.17, 15) is 14.0 Å². The maximum Gasteiger partial charge on any atom is 0.311 e. The Labute approximate surface area is 91.7 Å². The number of carbonyl (C=O) groups excluding carboxylic acids is 1. The number of benzene rings is 1. The fourth-order valence-corrected chi connectivity index (χ4v) is 1.19. The molecule has 0 aliphatic heterocycles. The average Bonchev–Trinajstić information content (AvgIpc) is 2.20. The average molecular weight is 226 g/mol. The quantitative estimate of drug-likeness (QED) is 0.615. The third-order valence-corrected chi connectivity index (χ3v) is 1.87. The van der Waals surface area contributed by atoms with Crippen LogP contribution in [0.5, 0.6) is 5.75 Å². The molecule has 0 aliphatic carbocycles. The summed E-state index contributed by atoms with van der Waals surface area (Å²) < 4.78 is 18.3. The summed E-state index contributed by atoms with van der Waals surface area (Å²) in [4.78, 5) is 21.6. The molecule has 0 fully saturated rings. The van der Waals surface area contributed by atoms with E-state index in [1.54, 1.807) is 6.92 Å². The van der Waals surface area contributed by atoms with E-state index >= 15 is 0 Å². The van der Waals surface area contributed by atoms with Crippen molar-refractivity contribution in [3.05, 3.63) is 29.6 Å². The van der Waals surface area contributed by atoms with Gasteiger partial charge < -0.3 is 9.84 Å². The van der Waals surface area contributed by atoms with Crippen molar-refractivity contribution in [3.63, 3.8) is 0 Å². The summed E-state index contributed by atoms with van der Waals surface area (Å²) in [5, 5.41) is 8.41. The summed E-state index contributed by atoms with van der Waals surface area (Å²) in [6, 6.07) is 3.64. The maximum atomic E-state index is 13.3. The van der Waals surface area contributed by atoms with E-state index in [1.807, 2.05) is 0 Å². The molecule has 0 aromatic heterocycles. The summed E-state index contributed by atoms with van der Waals surface area (Å²) in [6.45, 7) is 2.03. The number of ketones is 1. The Kier molecular flexibility index (Phi) is 3.99. The van der Waals surface area contributed by atoms with Crippen LogP contribution in [0.3, 0.4) is 0 Å². The molecule has 16 heavy (non-hydrogen) atoms. The van der Waals surface area contributed by atoms with Crippen LogP contribution in [0, 0.1) is 5.82 Å². The molecule has 0 amide bonds. The van der Waals surface area contributed by atoms with Crippen LogP contribution in [-0.4, -0.2) is 23.5 Å². The molecular weight excluding hydrogens is 215 g/mol. The minimum absolute atomic E-state index is 0.0309. The van der Waals surface area contributed by atoms with Crippen molar-refractivity contribution >= 4 is 11.8 Å². The van der Waals surface area contributed by atoms with E-state index in [4.69, 9.17) is 9.84 Å². The molecule has 0 bridgehead atoms. The molecule has 1 N–H and O–H groups in total. The molecule has 0 saturated heterocycles. The van der Waals surface area contributed by atoms with Crippen LogP contribution < -0.4 is 4.74 Å². The van der Waals surface area contributed by atoms with Crippen molar-refractivity contribution in [2.24, 2.45) is 0 Å². The van der Waals surface area contributed by atoms with Gasteiger partial charge in [-0.15, -0.1) is 0 Å². The predicted octanol–water partition coefficient (Wildman–Crippen LogP) is 1.88. The highest BCUT2D eigenvalue weighted by molar-refractivity contribution is 6.05. The second-order valence-corrected chi connectivity index (χ2v) is 3.07. The zero-order valence-corrected chi connectivity index (χ0v) is 8.70. The van der Waals surface area contributed by atoms with E-state index in [1.165, 1.54) is 12.1 Å². The molecule has 0 spiro atoms. The molecular formula is C11H11FO4. The highest BCUT2D eigenvalue weighted by Crippen LogP contribution is 2.19. The Morgan fingerprint density at radius 2 is 2.12 bits per heavy atom. The van der Waals surface area contributed by atoms with Gasteiger partial charge in [-0.2, -0.15) is 0 Å². The lowest BCUT2D eigenvalue weighted by molar-refractivity contribution is -0.135. The number of hydrogen-bond acceptors (Lipinski definition) is 3. The summed E-state index contributed by atoms with van der Waals surface area (Å²) in [7, 11) is 0. The molecule has 5 heteroatoms. The van der Waals surface area contributed by atoms with Crippen LogP contribution in [0.15, 0.2) is 18.2 Å². The van der Waals surface area contributed by atoms with Gasteiger partial charge in [-0.1, -0.05) is 0 Å². The lowest BCUT2D eigenvalue weighted by Crippen LogP contribution is -2.07. The summed E-state index contributed by atoms with van der Waals surface area (Å²) in [5.41, 5.74) is 0.0309. The monoisotopic (exact) mass is 226 g/mol. The maximum absolute atomic E-state index is 13.3. The van der Waals surface area contributed by atoms with Crippen LogP contribution in [0.2, 0.25) is 0 Å². The number of halogens is 1. The number of Topliss-reactive ketones (excluding diaryl/α,β-unsaturated/α-hetero) is 1. The Morgan fingerprint density at radius 1 is 1.44 bits per heavy atom. The van der Waals surface area contributed by atoms with Gasteiger partial charge in [0.15, 0.2) is 17.3 Å². The third-order valence-electron chi connectivity index (χ3n) is 1.87. The molecule has 1 aromatic rings. The topological polar surface area (TPSA) is 63.6 Å². The minimum Gasteiger partial charge on any atom is -0.491 e. The SMILES string of the molecule is CCOc1ccc(C(=O)CC(=O)O)cc1F. The number of carboxylic acid groups (broad SMARTS) is 1. The fraction of sp³-hybridized carbons (Fsp3) is 0.273. The van der Waals surface area contributed by atoms with Crippen molar-refractivity contribution in [3.8, 4) is 5.75 Å². The van der Waals surface area contributed by atoms with Gasteiger partial charge in [0, 0.05) is 5.56 Å². The zero-order valence-electron chi connectivity index (χ0n) is 8.70. The number of rotatable bonds is 5. The normalized spacial score (nSPS) is 9.88. The van der Waals surface area contributed by atoms with Gasteiger partial charge in [-0.25, -0.2) is 4.39 Å². The number of carboxylic acids is 1. The number of ether oxygens (including phenoxy) is 1. The molecule has 0 atom stereocenters. The van der Waals surface area contributed by atoms with E-state index < -0.39 is 24.0 Å². The molecule has 1 rings (SSSR count). The summed E-state index contributed by atoms with van der Waals surface area (Å²) in [6.07, 6.45) is -0.645. The zero-order chi connectivity index (χ0) is 12.1. The Hall–Kier alpha value is -1.91. The predicted molar refractivity (Wildman–Crippen MR) is 54.2 cm³/mol. The van der Waals surface area contributed by atoms with Gasteiger partial charge in [0.1, 0.15) is 6.42 Å². The highest BCUT2D eigenvalue weighted by atomic mass is 19.1. The van der Waals surface area contributed by atoms with Crippen molar-refractivity contribution < 1.29 is 23.8 Å². The van der Waals surface area contributed by atoms with Crippen molar-refractivity contribution in [1.82, 2.24) is 0 Å². The van der Waals surface area contributed by atoms with Gasteiger partial charge in [-0.05, 0) is 25.1 Å². The van der Waals surface area contributed by atoms with Gasteiger partial charge in [-0.3, -0.25) is 9.59 Å². The molecule has 86 valence electrons. The molecule has 0 radical (unpaired) electrons. The smallest absolute Gasteiger partial charge is 0.311 e. The second kappa shape index (κ2) is 5.25. The van der Waals surface area contributed by atoms with Crippen LogP contribution in [0.4, 0.5) is 4.39 Å². The minimum atomic E-state index is -1.24. The first kappa shape index (κ1) is 12.2. The van der Waals surface area contributed by atoms with E-state index in [0.29, 0.717) is 6.61 Å². The first-order valence-electron chi connectivity index (χ1n) is 4.72. The molecule has 0 aliphatic rings. The first-order chi connectivity index (χ1) is 7.54. The van der Waals surface area contributed by atoms with Crippen molar-refractivity contribution in [2.75, 3.05) is 6.61 Å². The van der Waals surface area contributed by atoms with Crippen LogP contribution >= 0.6 is 0 Å². The van der Waals surface area contributed by atoms with Gasteiger partial charge in [0.2, 0.25) is 0 Å². The lowest BCUT2D eigenvalue weighted by atomic mass is 10.1. The molecule has 0 heterocycles. The standard InChI is InChI=1S/C11H11FO4/c1-2-16-10-4-3-7(5-8(10)12)9(13)6-11(14)15/h3-5H,2,6H2,1H3,(H,14,15). The van der Waals surface area contributed by atoms with E-state index in [0.717, 1.165) is 6.07 Å². The Balaban J connectivity index is 2.88. The molecule has 0 saturated carbocycles. The Morgan fingerprint density at radius 3 is 2.62 bits per heavy atom. The van der Waals surface area contributed by atoms with Gasteiger partial charge in [0.25, 0.3) is 0 Å². The van der Waals surface area contributed by atoms with E-state index in [-0.39, 0.29) is 11.3 Å². The molecule has 0 unspecified atom stereocenters.